The first-order chi connectivity index (χ1) is 16.3. The normalized spacial score (nSPS) is 16.0. The number of aliphatic carboxylic acids is 1. The number of piperazine rings is 1. The summed E-state index contributed by atoms with van der Waals surface area (Å²) in [6.45, 7) is 5.49. The number of benzene rings is 1. The molecule has 1 unspecified atom stereocenters. The van der Waals surface area contributed by atoms with Crippen molar-refractivity contribution in [1.29, 1.82) is 0 Å². The lowest BCUT2D eigenvalue weighted by molar-refractivity contribution is -0.200. The number of rotatable bonds is 7. The minimum Gasteiger partial charge on any atom is -0.478 e. The minimum atomic E-state index is -4.61. The maximum atomic E-state index is 12.7. The summed E-state index contributed by atoms with van der Waals surface area (Å²) >= 11 is 0. The van der Waals surface area contributed by atoms with E-state index in [0.29, 0.717) is 31.1 Å². The number of halogens is 3. The van der Waals surface area contributed by atoms with Crippen molar-refractivity contribution in [2.24, 2.45) is 0 Å². The molecule has 1 aromatic heterocycles. The van der Waals surface area contributed by atoms with E-state index in [1.165, 1.54) is 18.7 Å². The van der Waals surface area contributed by atoms with Gasteiger partial charge in [-0.05, 0) is 56.7 Å². The molecule has 1 aliphatic rings. The van der Waals surface area contributed by atoms with Crippen LogP contribution in [-0.4, -0.2) is 76.0 Å². The first kappa shape index (κ1) is 26.3. The summed E-state index contributed by atoms with van der Waals surface area (Å²) in [7, 11) is 0. The van der Waals surface area contributed by atoms with Gasteiger partial charge in [-0.1, -0.05) is 6.07 Å². The summed E-state index contributed by atoms with van der Waals surface area (Å²) in [5.74, 6) is -0.732. The molecular weight excluding hydrogens is 467 g/mol. The Bertz CT molecular complexity index is 1040. The molecule has 0 radical (unpaired) electrons. The molecule has 2 heterocycles. The molecule has 3 rings (SSSR count). The fourth-order valence-electron chi connectivity index (χ4n) is 3.47. The average Bonchev–Trinajstić information content (AvgIpc) is 2.79. The van der Waals surface area contributed by atoms with E-state index in [2.05, 4.69) is 9.72 Å². The van der Waals surface area contributed by atoms with Gasteiger partial charge in [0.15, 0.2) is 11.7 Å². The van der Waals surface area contributed by atoms with E-state index in [0.717, 1.165) is 18.1 Å². The third-order valence-corrected chi connectivity index (χ3v) is 5.59. The highest BCUT2D eigenvalue weighted by atomic mass is 19.4. The molecule has 0 spiro atoms. The van der Waals surface area contributed by atoms with Crippen LogP contribution in [0.3, 0.4) is 0 Å². The Labute approximate surface area is 201 Å². The first-order valence-electron chi connectivity index (χ1n) is 11.1. The van der Waals surface area contributed by atoms with Gasteiger partial charge in [0.05, 0.1) is 5.69 Å². The Morgan fingerprint density at radius 1 is 1.11 bits per heavy atom. The third kappa shape index (κ3) is 7.08. The number of nitrogens with zero attached hydrogens (tertiary/aromatic N) is 3. The lowest BCUT2D eigenvalue weighted by Crippen LogP contribution is -2.49. The Morgan fingerprint density at radius 2 is 1.80 bits per heavy atom. The van der Waals surface area contributed by atoms with E-state index in [9.17, 15) is 27.9 Å². The standard InChI is InChI=1S/C24H28F3N3O5/c1-16(24(25,26)27)34-22(33)30-10-8-29(9-11-30)15-17-12-18(20-6-4-5-7-28-20)14-19(13-17)35-23(2,3)21(31)32/h4-7,12-14,16H,8-11,15H2,1-3H3,(H,31,32). The summed E-state index contributed by atoms with van der Waals surface area (Å²) in [5, 5.41) is 9.44. The predicted molar refractivity (Wildman–Crippen MR) is 121 cm³/mol. The van der Waals surface area contributed by atoms with E-state index < -0.39 is 29.9 Å². The van der Waals surface area contributed by atoms with Crippen LogP contribution in [0.5, 0.6) is 5.75 Å². The largest absolute Gasteiger partial charge is 0.478 e. The molecule has 35 heavy (non-hydrogen) atoms. The second-order valence-electron chi connectivity index (χ2n) is 8.83. The van der Waals surface area contributed by atoms with Crippen LogP contribution in [0.15, 0.2) is 42.6 Å². The molecular formula is C24H28F3N3O5. The quantitative estimate of drug-likeness (QED) is 0.616. The van der Waals surface area contributed by atoms with E-state index in [1.54, 1.807) is 24.4 Å². The number of aromatic nitrogens is 1. The van der Waals surface area contributed by atoms with Crippen LogP contribution >= 0.6 is 0 Å². The SMILES string of the molecule is CC(OC(=O)N1CCN(Cc2cc(OC(C)(C)C(=O)O)cc(-c3ccccn3)c2)CC1)C(F)(F)F. The van der Waals surface area contributed by atoms with E-state index in [1.807, 2.05) is 23.1 Å². The van der Waals surface area contributed by atoms with Crippen LogP contribution in [-0.2, 0) is 16.1 Å². The van der Waals surface area contributed by atoms with Gasteiger partial charge in [-0.15, -0.1) is 0 Å². The molecule has 1 atom stereocenters. The van der Waals surface area contributed by atoms with Gasteiger partial charge in [0.1, 0.15) is 5.75 Å². The van der Waals surface area contributed by atoms with Gasteiger partial charge in [0, 0.05) is 44.5 Å². The first-order valence-corrected chi connectivity index (χ1v) is 11.1. The van der Waals surface area contributed by atoms with Gasteiger partial charge in [-0.3, -0.25) is 9.88 Å². The molecule has 8 nitrogen and oxygen atoms in total. The third-order valence-electron chi connectivity index (χ3n) is 5.59. The Morgan fingerprint density at radius 3 is 2.37 bits per heavy atom. The molecule has 0 bridgehead atoms. The molecule has 0 saturated carbocycles. The number of ether oxygens (including phenoxy) is 2. The molecule has 1 aliphatic heterocycles. The summed E-state index contributed by atoms with van der Waals surface area (Å²) < 4.78 is 48.3. The highest BCUT2D eigenvalue weighted by molar-refractivity contribution is 5.77. The lowest BCUT2D eigenvalue weighted by Gasteiger charge is -2.35. The second kappa shape index (κ2) is 10.5. The zero-order valence-corrected chi connectivity index (χ0v) is 19.7. The van der Waals surface area contributed by atoms with Crippen molar-refractivity contribution < 1.29 is 37.3 Å². The summed E-state index contributed by atoms with van der Waals surface area (Å²) in [5.41, 5.74) is 0.840. The number of pyridine rings is 1. The smallest absolute Gasteiger partial charge is 0.425 e. The Balaban J connectivity index is 1.71. The van der Waals surface area contributed by atoms with Crippen molar-refractivity contribution in [3.63, 3.8) is 0 Å². The van der Waals surface area contributed by atoms with Crippen molar-refractivity contribution >= 4 is 12.1 Å². The molecule has 190 valence electrons. The highest BCUT2D eigenvalue weighted by Crippen LogP contribution is 2.29. The average molecular weight is 495 g/mol. The summed E-state index contributed by atoms with van der Waals surface area (Å²) in [6, 6.07) is 10.9. The molecule has 2 aromatic rings. The van der Waals surface area contributed by atoms with Crippen molar-refractivity contribution in [1.82, 2.24) is 14.8 Å². The van der Waals surface area contributed by atoms with Gasteiger partial charge < -0.3 is 19.5 Å². The molecule has 1 amide bonds. The molecule has 1 aromatic carbocycles. The van der Waals surface area contributed by atoms with Crippen molar-refractivity contribution in [3.8, 4) is 17.0 Å². The fourth-order valence-corrected chi connectivity index (χ4v) is 3.47. The minimum absolute atomic E-state index is 0.221. The van der Waals surface area contributed by atoms with Gasteiger partial charge >= 0.3 is 18.2 Å². The monoisotopic (exact) mass is 495 g/mol. The van der Waals surface area contributed by atoms with Gasteiger partial charge in [-0.25, -0.2) is 9.59 Å². The van der Waals surface area contributed by atoms with Gasteiger partial charge in [0.2, 0.25) is 0 Å². The zero-order chi connectivity index (χ0) is 25.8. The number of hydrogen-bond acceptors (Lipinski definition) is 6. The molecule has 1 saturated heterocycles. The van der Waals surface area contributed by atoms with E-state index in [-0.39, 0.29) is 13.1 Å². The summed E-state index contributed by atoms with van der Waals surface area (Å²) in [6.07, 6.45) is -6.11. The van der Waals surface area contributed by atoms with E-state index in [4.69, 9.17) is 4.74 Å². The van der Waals surface area contributed by atoms with Crippen LogP contribution in [0.4, 0.5) is 18.0 Å². The van der Waals surface area contributed by atoms with Crippen molar-refractivity contribution in [2.45, 2.75) is 45.2 Å². The fraction of sp³-hybridized carbons (Fsp3) is 0.458. The summed E-state index contributed by atoms with van der Waals surface area (Å²) in [4.78, 5) is 31.3. The Hall–Kier alpha value is -3.34. The van der Waals surface area contributed by atoms with Crippen molar-refractivity contribution in [2.75, 3.05) is 26.2 Å². The molecule has 11 heteroatoms. The maximum absolute atomic E-state index is 12.7. The van der Waals surface area contributed by atoms with Crippen molar-refractivity contribution in [3.05, 3.63) is 48.2 Å². The Kier molecular flexibility index (Phi) is 7.89. The molecule has 0 aliphatic carbocycles. The highest BCUT2D eigenvalue weighted by Gasteiger charge is 2.40. The van der Waals surface area contributed by atoms with Crippen LogP contribution in [0.1, 0.15) is 26.3 Å². The number of alkyl halides is 3. The van der Waals surface area contributed by atoms with E-state index >= 15 is 0 Å². The van der Waals surface area contributed by atoms with Crippen LogP contribution in [0.2, 0.25) is 0 Å². The van der Waals surface area contributed by atoms with Crippen LogP contribution in [0, 0.1) is 0 Å². The molecule has 1 N–H and O–H groups in total. The lowest BCUT2D eigenvalue weighted by atomic mass is 10.0. The number of hydrogen-bond donors (Lipinski definition) is 1. The number of carboxylic acid groups (broad SMARTS) is 1. The topological polar surface area (TPSA) is 92.2 Å². The predicted octanol–water partition coefficient (Wildman–Crippen LogP) is 4.20. The maximum Gasteiger partial charge on any atom is 0.425 e. The van der Waals surface area contributed by atoms with Crippen LogP contribution in [0.25, 0.3) is 11.3 Å². The zero-order valence-electron chi connectivity index (χ0n) is 19.7. The number of amides is 1. The van der Waals surface area contributed by atoms with Gasteiger partial charge in [0.25, 0.3) is 0 Å². The second-order valence-corrected chi connectivity index (χ2v) is 8.83. The number of carbonyl (C=O) groups excluding carboxylic acids is 1. The number of carbonyl (C=O) groups is 2. The van der Waals surface area contributed by atoms with Crippen LogP contribution < -0.4 is 4.74 Å². The molecule has 1 fully saturated rings. The van der Waals surface area contributed by atoms with Gasteiger partial charge in [-0.2, -0.15) is 13.2 Å². The number of carboxylic acids is 1.